The summed E-state index contributed by atoms with van der Waals surface area (Å²) in [5.41, 5.74) is 1.86. The molecule has 0 aliphatic heterocycles. The van der Waals surface area contributed by atoms with Crippen molar-refractivity contribution in [2.75, 3.05) is 11.9 Å². The Hall–Kier alpha value is -2.89. The van der Waals surface area contributed by atoms with E-state index in [9.17, 15) is 4.79 Å². The molecule has 0 bridgehead atoms. The van der Waals surface area contributed by atoms with Crippen LogP contribution in [0.3, 0.4) is 0 Å². The first-order valence-corrected chi connectivity index (χ1v) is 6.35. The van der Waals surface area contributed by atoms with E-state index in [1.807, 2.05) is 18.0 Å². The van der Waals surface area contributed by atoms with Crippen molar-refractivity contribution in [1.29, 1.82) is 0 Å². The maximum Gasteiger partial charge on any atom is 0.335 e. The van der Waals surface area contributed by atoms with Gasteiger partial charge in [0.25, 0.3) is 0 Å². The molecule has 1 N–H and O–H groups in total. The van der Waals surface area contributed by atoms with Crippen LogP contribution in [0.1, 0.15) is 15.9 Å². The van der Waals surface area contributed by atoms with Crippen LogP contribution >= 0.6 is 0 Å². The van der Waals surface area contributed by atoms with Crippen LogP contribution in [0.5, 0.6) is 0 Å². The highest BCUT2D eigenvalue weighted by atomic mass is 16.4. The summed E-state index contributed by atoms with van der Waals surface area (Å²) >= 11 is 0. The number of anilines is 1. The number of furan rings is 1. The van der Waals surface area contributed by atoms with E-state index in [0.29, 0.717) is 12.1 Å². The Bertz CT molecular complexity index is 784. The number of aromatic nitrogens is 2. The first-order chi connectivity index (χ1) is 10.1. The van der Waals surface area contributed by atoms with Gasteiger partial charge in [0, 0.05) is 24.5 Å². The van der Waals surface area contributed by atoms with E-state index >= 15 is 0 Å². The number of hydrogen-bond acceptors (Lipinski definition) is 5. The van der Waals surface area contributed by atoms with Crippen molar-refractivity contribution in [3.8, 4) is 0 Å². The smallest absolute Gasteiger partial charge is 0.335 e. The molecule has 106 valence electrons. The molecule has 0 saturated carbocycles. The van der Waals surface area contributed by atoms with Gasteiger partial charge in [0.05, 0.1) is 23.6 Å². The van der Waals surface area contributed by atoms with Crippen LogP contribution in [0.2, 0.25) is 0 Å². The molecule has 2 heterocycles. The van der Waals surface area contributed by atoms with Crippen molar-refractivity contribution in [2.45, 2.75) is 6.54 Å². The van der Waals surface area contributed by atoms with Crippen LogP contribution in [-0.2, 0) is 6.54 Å². The predicted molar refractivity (Wildman–Crippen MR) is 77.3 cm³/mol. The normalized spacial score (nSPS) is 10.7. The topological polar surface area (TPSA) is 79.5 Å². The van der Waals surface area contributed by atoms with Crippen LogP contribution in [0.4, 0.5) is 5.82 Å². The largest absolute Gasteiger partial charge is 0.478 e. The molecule has 2 aromatic heterocycles. The van der Waals surface area contributed by atoms with Gasteiger partial charge in [-0.3, -0.25) is 0 Å². The Morgan fingerprint density at radius 3 is 2.90 bits per heavy atom. The number of carbonyl (C=O) groups is 1. The molecule has 3 aromatic rings. The van der Waals surface area contributed by atoms with E-state index in [-0.39, 0.29) is 5.56 Å². The summed E-state index contributed by atoms with van der Waals surface area (Å²) in [5, 5.41) is 9.84. The van der Waals surface area contributed by atoms with Gasteiger partial charge in [0.15, 0.2) is 0 Å². The molecule has 3 rings (SSSR count). The Kier molecular flexibility index (Phi) is 3.27. The second kappa shape index (κ2) is 5.24. The zero-order valence-corrected chi connectivity index (χ0v) is 11.4. The number of nitrogens with zero attached hydrogens (tertiary/aromatic N) is 3. The number of aromatic carboxylic acids is 1. The van der Waals surface area contributed by atoms with Gasteiger partial charge in [-0.2, -0.15) is 0 Å². The quantitative estimate of drug-likeness (QED) is 0.792. The molecule has 0 saturated heterocycles. The fourth-order valence-electron chi connectivity index (χ4n) is 2.21. The molecule has 0 aliphatic rings. The second-order valence-electron chi connectivity index (χ2n) is 4.72. The molecular weight excluding hydrogens is 270 g/mol. The highest BCUT2D eigenvalue weighted by molar-refractivity contribution is 5.96. The second-order valence-corrected chi connectivity index (χ2v) is 4.72. The summed E-state index contributed by atoms with van der Waals surface area (Å²) in [7, 11) is 1.92. The van der Waals surface area contributed by atoms with Crippen LogP contribution in [-0.4, -0.2) is 28.1 Å². The first kappa shape index (κ1) is 13.1. The van der Waals surface area contributed by atoms with Gasteiger partial charge < -0.3 is 14.4 Å². The summed E-state index contributed by atoms with van der Waals surface area (Å²) in [4.78, 5) is 21.4. The lowest BCUT2D eigenvalue weighted by atomic mass is 10.1. The van der Waals surface area contributed by atoms with E-state index in [0.717, 1.165) is 16.8 Å². The highest BCUT2D eigenvalue weighted by Crippen LogP contribution is 2.24. The third-order valence-corrected chi connectivity index (χ3v) is 3.22. The Labute approximate surface area is 120 Å². The van der Waals surface area contributed by atoms with E-state index in [1.54, 1.807) is 30.7 Å². The van der Waals surface area contributed by atoms with Gasteiger partial charge >= 0.3 is 5.97 Å². The molecule has 6 nitrogen and oxygen atoms in total. The molecule has 0 aliphatic carbocycles. The van der Waals surface area contributed by atoms with Crippen LogP contribution in [0.15, 0.2) is 47.5 Å². The maximum atomic E-state index is 11.0. The van der Waals surface area contributed by atoms with Crippen LogP contribution in [0, 0.1) is 0 Å². The highest BCUT2D eigenvalue weighted by Gasteiger charge is 2.12. The number of carboxylic acid groups (broad SMARTS) is 1. The Morgan fingerprint density at radius 1 is 1.33 bits per heavy atom. The molecule has 1 aromatic carbocycles. The third kappa shape index (κ3) is 2.55. The van der Waals surface area contributed by atoms with Gasteiger partial charge in [-0.15, -0.1) is 0 Å². The molecule has 0 unspecified atom stereocenters. The van der Waals surface area contributed by atoms with Crippen molar-refractivity contribution in [3.63, 3.8) is 0 Å². The minimum atomic E-state index is -0.969. The Morgan fingerprint density at radius 2 is 2.19 bits per heavy atom. The average molecular weight is 283 g/mol. The molecule has 0 fully saturated rings. The first-order valence-electron chi connectivity index (χ1n) is 6.35. The minimum absolute atomic E-state index is 0.213. The van der Waals surface area contributed by atoms with Crippen molar-refractivity contribution >= 4 is 22.7 Å². The fraction of sp³-hybridized carbons (Fsp3) is 0.133. The van der Waals surface area contributed by atoms with E-state index in [4.69, 9.17) is 9.52 Å². The monoisotopic (exact) mass is 283 g/mol. The molecule has 0 spiro atoms. The van der Waals surface area contributed by atoms with Gasteiger partial charge in [-0.05, 0) is 24.3 Å². The Balaban J connectivity index is 2.00. The van der Waals surface area contributed by atoms with Crippen molar-refractivity contribution in [3.05, 3.63) is 54.2 Å². The van der Waals surface area contributed by atoms with E-state index in [1.165, 1.54) is 6.33 Å². The van der Waals surface area contributed by atoms with Gasteiger partial charge in [-0.25, -0.2) is 14.8 Å². The summed E-state index contributed by atoms with van der Waals surface area (Å²) in [6.07, 6.45) is 4.75. The van der Waals surface area contributed by atoms with Gasteiger partial charge in [0.1, 0.15) is 12.1 Å². The summed E-state index contributed by atoms with van der Waals surface area (Å²) in [5.74, 6) is -0.220. The average Bonchev–Trinajstić information content (AvgIpc) is 2.98. The number of hydrogen-bond donors (Lipinski definition) is 1. The van der Waals surface area contributed by atoms with Gasteiger partial charge in [-0.1, -0.05) is 0 Å². The zero-order chi connectivity index (χ0) is 14.8. The zero-order valence-electron chi connectivity index (χ0n) is 11.4. The SMILES string of the molecule is CN(Cc1ccoc1)c1ncnc2cc(C(=O)O)ccc12. The molecule has 0 amide bonds. The summed E-state index contributed by atoms with van der Waals surface area (Å²) < 4.78 is 5.06. The van der Waals surface area contributed by atoms with E-state index in [2.05, 4.69) is 9.97 Å². The van der Waals surface area contributed by atoms with Gasteiger partial charge in [0.2, 0.25) is 0 Å². The molecule has 21 heavy (non-hydrogen) atoms. The summed E-state index contributed by atoms with van der Waals surface area (Å²) in [6, 6.07) is 6.74. The fourth-order valence-corrected chi connectivity index (χ4v) is 2.21. The van der Waals surface area contributed by atoms with Crippen molar-refractivity contribution in [2.24, 2.45) is 0 Å². The van der Waals surface area contributed by atoms with Crippen molar-refractivity contribution < 1.29 is 14.3 Å². The number of rotatable bonds is 4. The molecule has 6 heteroatoms. The maximum absolute atomic E-state index is 11.0. The van der Waals surface area contributed by atoms with Crippen LogP contribution in [0.25, 0.3) is 10.9 Å². The number of fused-ring (bicyclic) bond motifs is 1. The van der Waals surface area contributed by atoms with E-state index < -0.39 is 5.97 Å². The number of carboxylic acids is 1. The van der Waals surface area contributed by atoms with Crippen LogP contribution < -0.4 is 4.90 Å². The predicted octanol–water partition coefficient (Wildman–Crippen LogP) is 2.56. The van der Waals surface area contributed by atoms with Crippen molar-refractivity contribution in [1.82, 2.24) is 9.97 Å². The third-order valence-electron chi connectivity index (χ3n) is 3.22. The molecule has 0 atom stereocenters. The lowest BCUT2D eigenvalue weighted by Gasteiger charge is -2.18. The molecular formula is C15H13N3O3. The molecule has 0 radical (unpaired) electrons. The standard InChI is InChI=1S/C15H13N3O3/c1-18(7-10-4-5-21-8-10)14-12-3-2-11(15(19)20)6-13(12)16-9-17-14/h2-6,8-9H,7H2,1H3,(H,19,20). The summed E-state index contributed by atoms with van der Waals surface area (Å²) in [6.45, 7) is 0.642. The number of benzene rings is 1. The lowest BCUT2D eigenvalue weighted by Crippen LogP contribution is -2.17. The lowest BCUT2D eigenvalue weighted by molar-refractivity contribution is 0.0697. The minimum Gasteiger partial charge on any atom is -0.478 e.